The van der Waals surface area contributed by atoms with Gasteiger partial charge in [0.25, 0.3) is 0 Å². The van der Waals surface area contributed by atoms with Crippen LogP contribution in [0.15, 0.2) is 48.5 Å². The molecule has 26 heavy (non-hydrogen) atoms. The zero-order valence-electron chi connectivity index (χ0n) is 15.7. The Morgan fingerprint density at radius 2 is 1.73 bits per heavy atom. The second-order valence-electron chi connectivity index (χ2n) is 5.60. The number of nitrogens with zero attached hydrogens (tertiary/aromatic N) is 1. The summed E-state index contributed by atoms with van der Waals surface area (Å²) in [4.78, 5) is 14.3. The van der Waals surface area contributed by atoms with Crippen molar-refractivity contribution >= 4 is 10.9 Å². The van der Waals surface area contributed by atoms with Crippen LogP contribution in [-0.2, 0) is 22.8 Å². The van der Waals surface area contributed by atoms with E-state index in [4.69, 9.17) is 4.89 Å². The zero-order chi connectivity index (χ0) is 16.9. The van der Waals surface area contributed by atoms with E-state index >= 15 is 0 Å². The van der Waals surface area contributed by atoms with Crippen molar-refractivity contribution in [2.45, 2.75) is 13.0 Å². The molecule has 0 amide bonds. The second-order valence-corrected chi connectivity index (χ2v) is 5.60. The van der Waals surface area contributed by atoms with Crippen molar-refractivity contribution in [3.8, 4) is 11.1 Å². The molecule has 0 aliphatic heterocycles. The molecule has 0 bridgehead atoms. The maximum absolute atomic E-state index is 9.19. The maximum atomic E-state index is 9.19. The summed E-state index contributed by atoms with van der Waals surface area (Å²) in [5.41, 5.74) is 5.89. The van der Waals surface area contributed by atoms with E-state index in [-0.39, 0.29) is 123 Å². The first kappa shape index (κ1) is 25.2. The largest absolute Gasteiger partial charge is 1.00 e. The van der Waals surface area contributed by atoms with Gasteiger partial charge >= 0.3 is 116 Å². The van der Waals surface area contributed by atoms with Crippen molar-refractivity contribution < 1.29 is 131 Å². The normalized spacial score (nSPS) is 10.2. The fourth-order valence-corrected chi connectivity index (χ4v) is 2.74. The summed E-state index contributed by atoms with van der Waals surface area (Å²) in [5.74, 6) is 0. The van der Waals surface area contributed by atoms with Crippen LogP contribution in [0.5, 0.6) is 0 Å². The van der Waals surface area contributed by atoms with Gasteiger partial charge in [0.05, 0.1) is 25.8 Å². The molecule has 3 rings (SSSR count). The van der Waals surface area contributed by atoms with E-state index in [0.717, 1.165) is 38.9 Å². The van der Waals surface area contributed by atoms with Gasteiger partial charge in [0.2, 0.25) is 0 Å². The van der Waals surface area contributed by atoms with Gasteiger partial charge in [-0.1, -0.05) is 24.3 Å². The number of aliphatic hydroxyl groups is 1. The third-order valence-electron chi connectivity index (χ3n) is 3.97. The Labute approximate surface area is 252 Å². The number of rotatable bonds is 6. The molecule has 0 spiro atoms. The molecule has 1 aromatic heterocycles. The van der Waals surface area contributed by atoms with Crippen LogP contribution >= 0.6 is 0 Å². The number of aromatic nitrogens is 1. The zero-order valence-corrected chi connectivity index (χ0v) is 25.5. The van der Waals surface area contributed by atoms with Gasteiger partial charge in [-0.3, -0.25) is 4.98 Å². The number of hydrogen-bond acceptors (Lipinski definition) is 4. The average molecular weight is 493 g/mol. The van der Waals surface area contributed by atoms with E-state index in [1.54, 1.807) is 0 Å². The van der Waals surface area contributed by atoms with Gasteiger partial charge in [-0.25, -0.2) is 16.7 Å². The quantitative estimate of drug-likeness (QED) is 0.182. The summed E-state index contributed by atoms with van der Waals surface area (Å²) >= 11 is 0. The van der Waals surface area contributed by atoms with Crippen LogP contribution in [-0.4, -0.2) is 23.8 Å². The minimum absolute atomic E-state index is 0. The van der Waals surface area contributed by atoms with Crippen LogP contribution in [0.3, 0.4) is 0 Å². The Morgan fingerprint density at radius 3 is 2.38 bits per heavy atom. The summed E-state index contributed by atoms with van der Waals surface area (Å²) < 4.78 is 0. The summed E-state index contributed by atoms with van der Waals surface area (Å²) in [6, 6.07) is 16.1. The predicted octanol–water partition coefficient (Wildman–Crippen LogP) is -2.30. The van der Waals surface area contributed by atoms with Crippen molar-refractivity contribution in [1.82, 2.24) is 4.98 Å². The molecule has 1 heterocycles. The molecular formula is C20H20NO3Rb2+. The summed E-state index contributed by atoms with van der Waals surface area (Å²) in [6.07, 6.45) is 0.698. The summed E-state index contributed by atoms with van der Waals surface area (Å²) in [5, 5.41) is 10.3. The Kier molecular flexibility index (Phi) is 12.3. The van der Waals surface area contributed by atoms with Gasteiger partial charge in [-0.2, -0.15) is 6.07 Å². The topological polar surface area (TPSA) is 51.6 Å². The van der Waals surface area contributed by atoms with Gasteiger partial charge in [0.15, 0.2) is 0 Å². The molecule has 0 saturated carbocycles. The summed E-state index contributed by atoms with van der Waals surface area (Å²) in [6.45, 7) is 4.43. The van der Waals surface area contributed by atoms with Crippen molar-refractivity contribution in [3.63, 3.8) is 0 Å². The van der Waals surface area contributed by atoms with Gasteiger partial charge < -0.3 is 5.11 Å². The molecule has 3 aromatic rings. The molecule has 4 nitrogen and oxygen atoms in total. The molecule has 0 atom stereocenters. The van der Waals surface area contributed by atoms with E-state index in [1.165, 1.54) is 7.11 Å². The standard InChI is InChI=1S/C20H20NO3.2Rb/c1-14-3-6-17-11-19(16-7-4-15(13-22)5-8-16)12-18(20(17)21-14)9-10-24-23-2;;/h3-8,11-12,22H,1,9-10,13H2,2H3;;/q-1;2*+1. The third kappa shape index (κ3) is 6.63. The molecule has 6 heteroatoms. The molecule has 124 valence electrons. The van der Waals surface area contributed by atoms with Gasteiger partial charge in [0, 0.05) is 6.42 Å². The van der Waals surface area contributed by atoms with Gasteiger partial charge in [-0.15, -0.1) is 11.8 Å². The van der Waals surface area contributed by atoms with Crippen molar-refractivity contribution in [1.29, 1.82) is 0 Å². The van der Waals surface area contributed by atoms with Crippen LogP contribution in [0, 0.1) is 6.92 Å². The smallest absolute Gasteiger partial charge is 0.392 e. The monoisotopic (exact) mass is 492 g/mol. The van der Waals surface area contributed by atoms with Gasteiger partial charge in [0.1, 0.15) is 0 Å². The number of pyridine rings is 1. The minimum atomic E-state index is 0. The second kappa shape index (κ2) is 12.7. The van der Waals surface area contributed by atoms with E-state index in [9.17, 15) is 5.11 Å². The fraction of sp³-hybridized carbons (Fsp3) is 0.200. The molecular weight excluding hydrogens is 473 g/mol. The Bertz CT molecular complexity index is 838. The van der Waals surface area contributed by atoms with Gasteiger partial charge in [-0.05, 0) is 39.8 Å². The first-order valence-electron chi connectivity index (χ1n) is 7.82. The van der Waals surface area contributed by atoms with Crippen LogP contribution in [0.4, 0.5) is 0 Å². The third-order valence-corrected chi connectivity index (χ3v) is 3.97. The molecule has 0 radical (unpaired) electrons. The molecule has 0 unspecified atom stereocenters. The fourth-order valence-electron chi connectivity index (χ4n) is 2.74. The SMILES string of the molecule is [CH2-]c1ccc2cc(-c3ccc(CO)cc3)cc(CCOOC)c2n1.[Rb+].[Rb+]. The van der Waals surface area contributed by atoms with E-state index in [1.807, 2.05) is 36.4 Å². The summed E-state index contributed by atoms with van der Waals surface area (Å²) in [7, 11) is 1.50. The Balaban J connectivity index is 0.00000169. The number of aliphatic hydroxyl groups excluding tert-OH is 1. The van der Waals surface area contributed by atoms with Crippen LogP contribution in [0.2, 0.25) is 0 Å². The molecule has 0 saturated heterocycles. The molecule has 1 N–H and O–H groups in total. The van der Waals surface area contributed by atoms with Crippen molar-refractivity contribution in [3.05, 3.63) is 72.3 Å². The predicted molar refractivity (Wildman–Crippen MR) is 94.2 cm³/mol. The Morgan fingerprint density at radius 1 is 1.00 bits per heavy atom. The molecule has 2 aromatic carbocycles. The maximum Gasteiger partial charge on any atom is 1.00 e. The van der Waals surface area contributed by atoms with Crippen LogP contribution in [0.25, 0.3) is 22.0 Å². The van der Waals surface area contributed by atoms with E-state index in [2.05, 4.69) is 28.9 Å². The first-order valence-corrected chi connectivity index (χ1v) is 7.82. The molecule has 0 aliphatic carbocycles. The van der Waals surface area contributed by atoms with Crippen LogP contribution < -0.4 is 116 Å². The average Bonchev–Trinajstić information content (AvgIpc) is 2.62. The van der Waals surface area contributed by atoms with E-state index < -0.39 is 0 Å². The first-order chi connectivity index (χ1) is 11.7. The minimum Gasteiger partial charge on any atom is -0.392 e. The van der Waals surface area contributed by atoms with Crippen molar-refractivity contribution in [2.24, 2.45) is 0 Å². The number of hydrogen-bond donors (Lipinski definition) is 1. The number of fused-ring (bicyclic) bond motifs is 1. The van der Waals surface area contributed by atoms with Crippen LogP contribution in [0.1, 0.15) is 16.8 Å². The van der Waals surface area contributed by atoms with Crippen molar-refractivity contribution in [2.75, 3.05) is 13.7 Å². The molecule has 0 fully saturated rings. The van der Waals surface area contributed by atoms with E-state index in [0.29, 0.717) is 13.0 Å². The molecule has 0 aliphatic rings. The number of benzene rings is 2. The Hall–Kier alpha value is 1.21.